The largest absolute Gasteiger partial charge is 0.390 e. The molecular weight excluding hydrogens is 302 g/mol. The number of aryl methyl sites for hydroxylation is 1. The van der Waals surface area contributed by atoms with E-state index in [1.54, 1.807) is 0 Å². The summed E-state index contributed by atoms with van der Waals surface area (Å²) < 4.78 is 24.7. The van der Waals surface area contributed by atoms with E-state index in [0.717, 1.165) is 11.3 Å². The van der Waals surface area contributed by atoms with Crippen molar-refractivity contribution in [2.75, 3.05) is 19.3 Å². The fraction of sp³-hybridized carbons (Fsp3) is 0.636. The Balaban J connectivity index is 1.95. The third kappa shape index (κ3) is 3.98. The number of likely N-dealkylation sites (tertiary alicyclic amines) is 1. The van der Waals surface area contributed by atoms with Crippen LogP contribution in [0.3, 0.4) is 0 Å². The summed E-state index contributed by atoms with van der Waals surface area (Å²) in [5.41, 5.74) is 0.700. The van der Waals surface area contributed by atoms with E-state index in [-0.39, 0.29) is 25.4 Å². The molecule has 1 aromatic heterocycles. The number of hydrogen-bond donors (Lipinski definition) is 2. The molecule has 0 bridgehead atoms. The molecule has 1 amide bonds. The van der Waals surface area contributed by atoms with Crippen molar-refractivity contribution in [3.8, 4) is 0 Å². The Morgan fingerprint density at radius 3 is 2.85 bits per heavy atom. The molecule has 20 heavy (non-hydrogen) atoms. The van der Waals surface area contributed by atoms with Crippen LogP contribution in [0.5, 0.6) is 0 Å². The quantitative estimate of drug-likeness (QED) is 0.750. The Morgan fingerprint density at radius 1 is 1.60 bits per heavy atom. The van der Waals surface area contributed by atoms with Crippen molar-refractivity contribution in [3.63, 3.8) is 0 Å². The SMILES string of the molecule is Cc1nc(CC(=O)N2C[C@@H](O)[C@H](NS(C)(=O)=O)C2)cs1. The third-order valence-corrected chi connectivity index (χ3v) is 4.56. The van der Waals surface area contributed by atoms with Gasteiger partial charge in [-0.25, -0.2) is 18.1 Å². The normalized spacial score (nSPS) is 23.2. The number of aliphatic hydroxyl groups is 1. The molecule has 9 heteroatoms. The van der Waals surface area contributed by atoms with Crippen molar-refractivity contribution in [2.45, 2.75) is 25.5 Å². The molecule has 0 saturated carbocycles. The van der Waals surface area contributed by atoms with E-state index < -0.39 is 22.2 Å². The Kier molecular flexibility index (Phi) is 4.43. The van der Waals surface area contributed by atoms with Gasteiger partial charge in [-0.1, -0.05) is 0 Å². The highest BCUT2D eigenvalue weighted by Gasteiger charge is 2.35. The molecule has 7 nitrogen and oxygen atoms in total. The molecular formula is C11H17N3O4S2. The maximum atomic E-state index is 12.1. The zero-order chi connectivity index (χ0) is 14.9. The van der Waals surface area contributed by atoms with E-state index in [9.17, 15) is 18.3 Å². The van der Waals surface area contributed by atoms with Crippen LogP contribution in [0.4, 0.5) is 0 Å². The lowest BCUT2D eigenvalue weighted by molar-refractivity contribution is -0.129. The Bertz CT molecular complexity index is 599. The number of nitrogens with zero attached hydrogens (tertiary/aromatic N) is 2. The average Bonchev–Trinajstić information content (AvgIpc) is 2.85. The van der Waals surface area contributed by atoms with Crippen LogP contribution >= 0.6 is 11.3 Å². The van der Waals surface area contributed by atoms with Crippen LogP contribution in [0.25, 0.3) is 0 Å². The van der Waals surface area contributed by atoms with Crippen molar-refractivity contribution in [1.82, 2.24) is 14.6 Å². The van der Waals surface area contributed by atoms with Gasteiger partial charge in [0.15, 0.2) is 0 Å². The first-order valence-corrected chi connectivity index (χ1v) is 8.86. The van der Waals surface area contributed by atoms with Gasteiger partial charge in [0.2, 0.25) is 15.9 Å². The summed E-state index contributed by atoms with van der Waals surface area (Å²) in [7, 11) is -3.40. The summed E-state index contributed by atoms with van der Waals surface area (Å²) in [5, 5.41) is 12.5. The van der Waals surface area contributed by atoms with Gasteiger partial charge < -0.3 is 10.0 Å². The molecule has 0 unspecified atom stereocenters. The Labute approximate surface area is 121 Å². The van der Waals surface area contributed by atoms with Crippen LogP contribution in [0.1, 0.15) is 10.7 Å². The number of aromatic nitrogens is 1. The number of hydrogen-bond acceptors (Lipinski definition) is 6. The molecule has 2 heterocycles. The molecule has 1 fully saturated rings. The summed E-state index contributed by atoms with van der Waals surface area (Å²) in [5.74, 6) is -0.160. The lowest BCUT2D eigenvalue weighted by Gasteiger charge is -2.15. The topological polar surface area (TPSA) is 99.6 Å². The number of sulfonamides is 1. The minimum Gasteiger partial charge on any atom is -0.390 e. The highest BCUT2D eigenvalue weighted by Crippen LogP contribution is 2.14. The maximum absolute atomic E-state index is 12.1. The van der Waals surface area contributed by atoms with E-state index in [1.807, 2.05) is 12.3 Å². The van der Waals surface area contributed by atoms with Crippen molar-refractivity contribution in [3.05, 3.63) is 16.1 Å². The highest BCUT2D eigenvalue weighted by molar-refractivity contribution is 7.88. The molecule has 2 N–H and O–H groups in total. The van der Waals surface area contributed by atoms with Gasteiger partial charge in [-0.15, -0.1) is 11.3 Å². The molecule has 1 saturated heterocycles. The first-order valence-electron chi connectivity index (χ1n) is 6.09. The molecule has 112 valence electrons. The summed E-state index contributed by atoms with van der Waals surface area (Å²) in [6.45, 7) is 2.18. The lowest BCUT2D eigenvalue weighted by atomic mass is 10.2. The first-order chi connectivity index (χ1) is 9.24. The summed E-state index contributed by atoms with van der Waals surface area (Å²) >= 11 is 1.48. The number of rotatable bonds is 4. The molecule has 0 spiro atoms. The zero-order valence-corrected chi connectivity index (χ0v) is 12.9. The molecule has 0 aliphatic carbocycles. The number of β-amino-alcohol motifs (C(OH)–C–C–N with tert-alkyl or cyclic N) is 1. The van der Waals surface area contributed by atoms with E-state index >= 15 is 0 Å². The average molecular weight is 319 g/mol. The molecule has 2 atom stereocenters. The van der Waals surface area contributed by atoms with Crippen LogP contribution in [0.2, 0.25) is 0 Å². The van der Waals surface area contributed by atoms with E-state index in [2.05, 4.69) is 9.71 Å². The van der Waals surface area contributed by atoms with Gasteiger partial charge >= 0.3 is 0 Å². The summed E-state index contributed by atoms with van der Waals surface area (Å²) in [4.78, 5) is 17.8. The van der Waals surface area contributed by atoms with Crippen molar-refractivity contribution < 1.29 is 18.3 Å². The highest BCUT2D eigenvalue weighted by atomic mass is 32.2. The van der Waals surface area contributed by atoms with Gasteiger partial charge in [0.05, 0.1) is 35.5 Å². The number of nitrogens with one attached hydrogen (secondary N) is 1. The van der Waals surface area contributed by atoms with Gasteiger partial charge in [0.25, 0.3) is 0 Å². The zero-order valence-electron chi connectivity index (χ0n) is 11.2. The second-order valence-corrected chi connectivity index (χ2v) is 7.74. The van der Waals surface area contributed by atoms with E-state index in [4.69, 9.17) is 0 Å². The molecule has 1 aliphatic rings. The Morgan fingerprint density at radius 2 is 2.30 bits per heavy atom. The fourth-order valence-corrected chi connectivity index (χ4v) is 3.53. The predicted octanol–water partition coefficient (Wildman–Crippen LogP) is -0.885. The standard InChI is InChI=1S/C11H17N3O4S2/c1-7-12-8(6-19-7)3-11(16)14-4-9(10(15)5-14)13-20(2,17)18/h6,9-10,13,15H,3-5H2,1-2H3/t9-,10-/m1/s1. The van der Waals surface area contributed by atoms with Crippen LogP contribution in [-0.4, -0.2) is 60.8 Å². The number of aliphatic hydroxyl groups excluding tert-OH is 1. The summed E-state index contributed by atoms with van der Waals surface area (Å²) in [6, 6.07) is -0.647. The maximum Gasteiger partial charge on any atom is 0.228 e. The second-order valence-electron chi connectivity index (χ2n) is 4.90. The van der Waals surface area contributed by atoms with E-state index in [1.165, 1.54) is 16.2 Å². The molecule has 1 aliphatic heterocycles. The number of thiazole rings is 1. The summed E-state index contributed by atoms with van der Waals surface area (Å²) in [6.07, 6.45) is 0.316. The van der Waals surface area contributed by atoms with Gasteiger partial charge in [-0.3, -0.25) is 4.79 Å². The smallest absolute Gasteiger partial charge is 0.228 e. The van der Waals surface area contributed by atoms with Crippen LogP contribution in [0, 0.1) is 6.92 Å². The van der Waals surface area contributed by atoms with Gasteiger partial charge in [0, 0.05) is 18.5 Å². The molecule has 0 radical (unpaired) electrons. The number of carbonyl (C=O) groups is 1. The fourth-order valence-electron chi connectivity index (χ4n) is 2.14. The molecule has 1 aromatic rings. The van der Waals surface area contributed by atoms with Gasteiger partial charge in [-0.2, -0.15) is 0 Å². The first kappa shape index (κ1) is 15.4. The monoisotopic (exact) mass is 319 g/mol. The van der Waals surface area contributed by atoms with Crippen LogP contribution in [-0.2, 0) is 21.2 Å². The minimum absolute atomic E-state index is 0.134. The van der Waals surface area contributed by atoms with Crippen LogP contribution < -0.4 is 4.72 Å². The van der Waals surface area contributed by atoms with Gasteiger partial charge in [-0.05, 0) is 6.92 Å². The van der Waals surface area contributed by atoms with Crippen LogP contribution in [0.15, 0.2) is 5.38 Å². The number of carbonyl (C=O) groups excluding carboxylic acids is 1. The minimum atomic E-state index is -3.40. The Hall–Kier alpha value is -1.03. The molecule has 2 rings (SSSR count). The number of amides is 1. The lowest BCUT2D eigenvalue weighted by Crippen LogP contribution is -2.42. The van der Waals surface area contributed by atoms with E-state index in [0.29, 0.717) is 5.69 Å². The van der Waals surface area contributed by atoms with Gasteiger partial charge in [0.1, 0.15) is 0 Å². The van der Waals surface area contributed by atoms with Crippen molar-refractivity contribution in [1.29, 1.82) is 0 Å². The predicted molar refractivity (Wildman–Crippen MR) is 74.9 cm³/mol. The molecule has 0 aromatic carbocycles. The second kappa shape index (κ2) is 5.76. The van der Waals surface area contributed by atoms with Crippen molar-refractivity contribution in [2.24, 2.45) is 0 Å². The third-order valence-electron chi connectivity index (χ3n) is 3.01. The van der Waals surface area contributed by atoms with Crippen molar-refractivity contribution >= 4 is 27.3 Å².